The van der Waals surface area contributed by atoms with Gasteiger partial charge in [0.15, 0.2) is 0 Å². The van der Waals surface area contributed by atoms with E-state index in [1.807, 2.05) is 0 Å². The standard InChI is InChI=1S/C17H26N2O2/c1-3-4-5-6-7-8-12-16(20)19-15-11-9-10-14(13-15)17(21)18-2/h9-11,13H,3-8,12H2,1-2H3,(H,18,21)(H,19,20). The fourth-order valence-electron chi connectivity index (χ4n) is 2.17. The van der Waals surface area contributed by atoms with Gasteiger partial charge in [0.05, 0.1) is 0 Å². The Hall–Kier alpha value is -1.84. The molecule has 0 saturated heterocycles. The lowest BCUT2D eigenvalue weighted by Crippen LogP contribution is -2.18. The van der Waals surface area contributed by atoms with Gasteiger partial charge < -0.3 is 10.6 Å². The Labute approximate surface area is 127 Å². The van der Waals surface area contributed by atoms with Gasteiger partial charge in [0, 0.05) is 24.7 Å². The summed E-state index contributed by atoms with van der Waals surface area (Å²) >= 11 is 0. The topological polar surface area (TPSA) is 58.2 Å². The maximum absolute atomic E-state index is 11.8. The Morgan fingerprint density at radius 3 is 2.48 bits per heavy atom. The summed E-state index contributed by atoms with van der Waals surface area (Å²) in [4.78, 5) is 23.4. The monoisotopic (exact) mass is 290 g/mol. The number of carbonyl (C=O) groups excluding carboxylic acids is 2. The molecule has 4 heteroatoms. The van der Waals surface area contributed by atoms with Crippen molar-refractivity contribution < 1.29 is 9.59 Å². The summed E-state index contributed by atoms with van der Waals surface area (Å²) in [6.45, 7) is 2.19. The number of amides is 2. The van der Waals surface area contributed by atoms with E-state index in [9.17, 15) is 9.59 Å². The minimum atomic E-state index is -0.151. The molecule has 1 aromatic carbocycles. The van der Waals surface area contributed by atoms with Crippen LogP contribution in [-0.4, -0.2) is 18.9 Å². The van der Waals surface area contributed by atoms with Gasteiger partial charge in [-0.3, -0.25) is 9.59 Å². The third-order valence-electron chi connectivity index (χ3n) is 3.39. The fraction of sp³-hybridized carbons (Fsp3) is 0.529. The summed E-state index contributed by atoms with van der Waals surface area (Å²) in [7, 11) is 1.59. The molecule has 1 aromatic rings. The average molecular weight is 290 g/mol. The van der Waals surface area contributed by atoms with Crippen LogP contribution in [0.4, 0.5) is 5.69 Å². The van der Waals surface area contributed by atoms with Gasteiger partial charge in [0.2, 0.25) is 5.91 Å². The van der Waals surface area contributed by atoms with Crippen LogP contribution in [0.1, 0.15) is 62.2 Å². The summed E-state index contributed by atoms with van der Waals surface area (Å²) in [6.07, 6.45) is 7.53. The second kappa shape index (κ2) is 9.97. The Morgan fingerprint density at radius 1 is 1.05 bits per heavy atom. The molecule has 0 atom stereocenters. The molecule has 0 spiro atoms. The van der Waals surface area contributed by atoms with E-state index in [1.54, 1.807) is 31.3 Å². The van der Waals surface area contributed by atoms with E-state index in [0.717, 1.165) is 12.8 Å². The van der Waals surface area contributed by atoms with E-state index >= 15 is 0 Å². The molecule has 21 heavy (non-hydrogen) atoms. The molecule has 0 heterocycles. The second-order valence-corrected chi connectivity index (χ2v) is 5.23. The number of carbonyl (C=O) groups is 2. The van der Waals surface area contributed by atoms with Crippen molar-refractivity contribution in [2.24, 2.45) is 0 Å². The highest BCUT2D eigenvalue weighted by molar-refractivity contribution is 5.97. The Bertz CT molecular complexity index is 458. The predicted molar refractivity (Wildman–Crippen MR) is 86.5 cm³/mol. The minimum absolute atomic E-state index is 0.0135. The van der Waals surface area contributed by atoms with Gasteiger partial charge in [0.1, 0.15) is 0 Å². The van der Waals surface area contributed by atoms with Gasteiger partial charge in [0.25, 0.3) is 5.91 Å². The molecule has 0 fully saturated rings. The van der Waals surface area contributed by atoms with E-state index < -0.39 is 0 Å². The third-order valence-corrected chi connectivity index (χ3v) is 3.39. The number of unbranched alkanes of at least 4 members (excludes halogenated alkanes) is 5. The van der Waals surface area contributed by atoms with E-state index in [2.05, 4.69) is 17.6 Å². The Morgan fingerprint density at radius 2 is 1.76 bits per heavy atom. The molecular formula is C17H26N2O2. The predicted octanol–water partition coefficient (Wildman–Crippen LogP) is 3.74. The summed E-state index contributed by atoms with van der Waals surface area (Å²) in [6, 6.07) is 6.98. The van der Waals surface area contributed by atoms with Gasteiger partial charge in [-0.25, -0.2) is 0 Å². The molecule has 0 bridgehead atoms. The van der Waals surface area contributed by atoms with E-state index in [0.29, 0.717) is 17.7 Å². The van der Waals surface area contributed by atoms with Crippen molar-refractivity contribution in [3.63, 3.8) is 0 Å². The number of hydrogen-bond acceptors (Lipinski definition) is 2. The molecule has 1 rings (SSSR count). The van der Waals surface area contributed by atoms with Crippen molar-refractivity contribution in [2.75, 3.05) is 12.4 Å². The second-order valence-electron chi connectivity index (χ2n) is 5.23. The zero-order chi connectivity index (χ0) is 15.5. The molecule has 116 valence electrons. The van der Waals surface area contributed by atoms with Crippen molar-refractivity contribution in [1.29, 1.82) is 0 Å². The molecule has 0 aliphatic carbocycles. The van der Waals surface area contributed by atoms with Crippen LogP contribution in [0.15, 0.2) is 24.3 Å². The molecule has 0 aromatic heterocycles. The smallest absolute Gasteiger partial charge is 0.251 e. The van der Waals surface area contributed by atoms with Crippen LogP contribution in [0.2, 0.25) is 0 Å². The third kappa shape index (κ3) is 6.93. The number of nitrogens with one attached hydrogen (secondary N) is 2. The van der Waals surface area contributed by atoms with Crippen molar-refractivity contribution in [3.05, 3.63) is 29.8 Å². The van der Waals surface area contributed by atoms with Gasteiger partial charge in [-0.1, -0.05) is 45.1 Å². The molecule has 4 nitrogen and oxygen atoms in total. The van der Waals surface area contributed by atoms with Crippen molar-refractivity contribution in [1.82, 2.24) is 5.32 Å². The lowest BCUT2D eigenvalue weighted by molar-refractivity contribution is -0.116. The first-order chi connectivity index (χ1) is 10.2. The van der Waals surface area contributed by atoms with Gasteiger partial charge in [-0.05, 0) is 24.6 Å². The SMILES string of the molecule is CCCCCCCCC(=O)Nc1cccc(C(=O)NC)c1. The van der Waals surface area contributed by atoms with Crippen LogP contribution in [0.3, 0.4) is 0 Å². The first kappa shape index (κ1) is 17.2. The Kier molecular flexibility index (Phi) is 8.17. The molecule has 0 aliphatic heterocycles. The number of hydrogen-bond donors (Lipinski definition) is 2. The summed E-state index contributed by atoms with van der Waals surface area (Å²) in [5.74, 6) is -0.137. The number of anilines is 1. The maximum atomic E-state index is 11.8. The van der Waals surface area contributed by atoms with Crippen molar-refractivity contribution in [2.45, 2.75) is 51.9 Å². The van der Waals surface area contributed by atoms with Gasteiger partial charge in [-0.15, -0.1) is 0 Å². The number of rotatable bonds is 9. The first-order valence-corrected chi connectivity index (χ1v) is 7.79. The highest BCUT2D eigenvalue weighted by atomic mass is 16.2. The summed E-state index contributed by atoms with van der Waals surface area (Å²) in [5.41, 5.74) is 1.22. The van der Waals surface area contributed by atoms with Crippen molar-refractivity contribution in [3.8, 4) is 0 Å². The fourth-order valence-corrected chi connectivity index (χ4v) is 2.17. The van der Waals surface area contributed by atoms with Crippen LogP contribution in [0.5, 0.6) is 0 Å². The first-order valence-electron chi connectivity index (χ1n) is 7.79. The highest BCUT2D eigenvalue weighted by Gasteiger charge is 2.06. The molecule has 0 saturated carbocycles. The van der Waals surface area contributed by atoms with Crippen molar-refractivity contribution >= 4 is 17.5 Å². The molecule has 0 aliphatic rings. The zero-order valence-corrected chi connectivity index (χ0v) is 13.1. The van der Waals surface area contributed by atoms with Crippen LogP contribution in [-0.2, 0) is 4.79 Å². The maximum Gasteiger partial charge on any atom is 0.251 e. The largest absolute Gasteiger partial charge is 0.355 e. The molecule has 2 amide bonds. The van der Waals surface area contributed by atoms with E-state index in [4.69, 9.17) is 0 Å². The lowest BCUT2D eigenvalue weighted by atomic mass is 10.1. The average Bonchev–Trinajstić information content (AvgIpc) is 2.50. The highest BCUT2D eigenvalue weighted by Crippen LogP contribution is 2.12. The van der Waals surface area contributed by atoms with Gasteiger partial charge in [-0.2, -0.15) is 0 Å². The van der Waals surface area contributed by atoms with Crippen LogP contribution in [0.25, 0.3) is 0 Å². The summed E-state index contributed by atoms with van der Waals surface area (Å²) in [5, 5.41) is 5.41. The lowest BCUT2D eigenvalue weighted by Gasteiger charge is -2.07. The van der Waals surface area contributed by atoms with Crippen LogP contribution >= 0.6 is 0 Å². The summed E-state index contributed by atoms with van der Waals surface area (Å²) < 4.78 is 0. The minimum Gasteiger partial charge on any atom is -0.355 e. The van der Waals surface area contributed by atoms with Gasteiger partial charge >= 0.3 is 0 Å². The quantitative estimate of drug-likeness (QED) is 0.681. The van der Waals surface area contributed by atoms with E-state index in [-0.39, 0.29) is 11.8 Å². The molecule has 0 radical (unpaired) electrons. The van der Waals surface area contributed by atoms with Crippen LogP contribution in [0, 0.1) is 0 Å². The number of benzene rings is 1. The Balaban J connectivity index is 2.32. The molecule has 0 unspecified atom stereocenters. The molecule has 2 N–H and O–H groups in total. The zero-order valence-electron chi connectivity index (χ0n) is 13.1. The normalized spacial score (nSPS) is 10.2. The van der Waals surface area contributed by atoms with E-state index in [1.165, 1.54) is 25.7 Å². The van der Waals surface area contributed by atoms with Crippen LogP contribution < -0.4 is 10.6 Å². The molecular weight excluding hydrogens is 264 g/mol.